The Morgan fingerprint density at radius 1 is 0.946 bits per heavy atom. The number of carbonyl (C=O) groups is 2. The monoisotopic (exact) mass is 584 g/mol. The summed E-state index contributed by atoms with van der Waals surface area (Å²) in [6.07, 6.45) is 5.35. The lowest BCUT2D eigenvalue weighted by Crippen LogP contribution is -2.53. The molecule has 3 aromatic carbocycles. The van der Waals surface area contributed by atoms with Gasteiger partial charge in [0, 0.05) is 34.1 Å². The van der Waals surface area contributed by atoms with Crippen LogP contribution in [0.3, 0.4) is 0 Å². The molecule has 4 nitrogen and oxygen atoms in total. The highest BCUT2D eigenvalue weighted by Gasteiger charge is 2.32. The summed E-state index contributed by atoms with van der Waals surface area (Å²) in [5.41, 5.74) is 1.96. The van der Waals surface area contributed by atoms with E-state index in [9.17, 15) is 14.0 Å². The van der Waals surface area contributed by atoms with Crippen LogP contribution >= 0.6 is 27.5 Å². The van der Waals surface area contributed by atoms with E-state index in [2.05, 4.69) is 21.2 Å². The van der Waals surface area contributed by atoms with Crippen LogP contribution in [0.5, 0.6) is 0 Å². The minimum Gasteiger partial charge on any atom is -0.352 e. The van der Waals surface area contributed by atoms with E-state index in [1.165, 1.54) is 18.6 Å². The molecule has 1 atom stereocenters. The van der Waals surface area contributed by atoms with Crippen LogP contribution in [-0.2, 0) is 29.0 Å². The van der Waals surface area contributed by atoms with Crippen molar-refractivity contribution in [3.63, 3.8) is 0 Å². The van der Waals surface area contributed by atoms with Crippen LogP contribution in [0.1, 0.15) is 48.8 Å². The minimum absolute atomic E-state index is 0.102. The van der Waals surface area contributed by atoms with E-state index in [4.69, 9.17) is 11.6 Å². The number of halogens is 3. The molecule has 1 saturated carbocycles. The third kappa shape index (κ3) is 7.65. The number of nitrogens with one attached hydrogen (secondary N) is 1. The zero-order valence-corrected chi connectivity index (χ0v) is 23.0. The molecule has 7 heteroatoms. The molecule has 0 radical (unpaired) electrons. The van der Waals surface area contributed by atoms with Gasteiger partial charge in [0.1, 0.15) is 11.9 Å². The van der Waals surface area contributed by atoms with Gasteiger partial charge in [-0.25, -0.2) is 4.39 Å². The van der Waals surface area contributed by atoms with Gasteiger partial charge in [0.25, 0.3) is 0 Å². The predicted octanol–water partition coefficient (Wildman–Crippen LogP) is 6.87. The Balaban J connectivity index is 1.68. The summed E-state index contributed by atoms with van der Waals surface area (Å²) in [7, 11) is 0. The summed E-state index contributed by atoms with van der Waals surface area (Å²) in [4.78, 5) is 29.2. The first kappa shape index (κ1) is 27.3. The number of benzene rings is 3. The van der Waals surface area contributed by atoms with E-state index in [1.54, 1.807) is 11.0 Å². The quantitative estimate of drug-likeness (QED) is 0.298. The maximum Gasteiger partial charge on any atom is 0.243 e. The van der Waals surface area contributed by atoms with Crippen molar-refractivity contribution in [3.8, 4) is 0 Å². The third-order valence-corrected chi connectivity index (χ3v) is 7.76. The SMILES string of the molecule is O=C(NC1CCCCC1)[C@H](Cc1ccccc1)N(Cc1ccc(Br)cc1)C(=O)Cc1c(F)cccc1Cl. The second kappa shape index (κ2) is 13.2. The summed E-state index contributed by atoms with van der Waals surface area (Å²) in [5.74, 6) is -1.06. The van der Waals surface area contributed by atoms with Crippen molar-refractivity contribution in [2.75, 3.05) is 0 Å². The first-order valence-electron chi connectivity index (χ1n) is 12.7. The van der Waals surface area contributed by atoms with Crippen LogP contribution in [0, 0.1) is 5.82 Å². The molecule has 1 fully saturated rings. The van der Waals surface area contributed by atoms with Crippen molar-refractivity contribution in [3.05, 3.63) is 105 Å². The Hall–Kier alpha value is -2.70. The number of rotatable bonds is 9. The Morgan fingerprint density at radius 3 is 2.32 bits per heavy atom. The lowest BCUT2D eigenvalue weighted by Gasteiger charge is -2.33. The Labute approximate surface area is 231 Å². The van der Waals surface area contributed by atoms with Gasteiger partial charge in [0.15, 0.2) is 0 Å². The Morgan fingerprint density at radius 2 is 1.65 bits per heavy atom. The molecule has 1 N–H and O–H groups in total. The van der Waals surface area contributed by atoms with E-state index in [0.29, 0.717) is 6.42 Å². The normalized spacial score (nSPS) is 14.7. The molecule has 0 spiro atoms. The van der Waals surface area contributed by atoms with Gasteiger partial charge >= 0.3 is 0 Å². The number of nitrogens with zero attached hydrogens (tertiary/aromatic N) is 1. The topological polar surface area (TPSA) is 49.4 Å². The van der Waals surface area contributed by atoms with Crippen molar-refractivity contribution in [1.82, 2.24) is 10.2 Å². The fraction of sp³-hybridized carbons (Fsp3) is 0.333. The molecule has 2 amide bonds. The van der Waals surface area contributed by atoms with Gasteiger partial charge in [-0.15, -0.1) is 0 Å². The lowest BCUT2D eigenvalue weighted by molar-refractivity contribution is -0.141. The maximum atomic E-state index is 14.6. The predicted molar refractivity (Wildman–Crippen MR) is 149 cm³/mol. The zero-order chi connectivity index (χ0) is 26.2. The molecule has 1 aliphatic carbocycles. The van der Waals surface area contributed by atoms with Gasteiger partial charge in [-0.1, -0.05) is 95.3 Å². The highest BCUT2D eigenvalue weighted by molar-refractivity contribution is 9.10. The van der Waals surface area contributed by atoms with Gasteiger partial charge in [-0.3, -0.25) is 9.59 Å². The Kier molecular flexibility index (Phi) is 9.75. The second-order valence-corrected chi connectivity index (χ2v) is 10.9. The van der Waals surface area contributed by atoms with E-state index >= 15 is 0 Å². The molecule has 0 aromatic heterocycles. The molecule has 0 aliphatic heterocycles. The molecule has 0 unspecified atom stereocenters. The average Bonchev–Trinajstić information content (AvgIpc) is 2.90. The number of amides is 2. The first-order chi connectivity index (χ1) is 17.9. The van der Waals surface area contributed by atoms with Crippen LogP contribution in [0.25, 0.3) is 0 Å². The molecular formula is C30H31BrClFN2O2. The smallest absolute Gasteiger partial charge is 0.243 e. The van der Waals surface area contributed by atoms with E-state index in [-0.39, 0.29) is 41.4 Å². The molecule has 0 heterocycles. The fourth-order valence-electron chi connectivity index (χ4n) is 4.84. The summed E-state index contributed by atoms with van der Waals surface area (Å²) < 4.78 is 15.5. The highest BCUT2D eigenvalue weighted by Crippen LogP contribution is 2.24. The molecule has 194 valence electrons. The number of hydrogen-bond acceptors (Lipinski definition) is 2. The largest absolute Gasteiger partial charge is 0.352 e. The molecule has 3 aromatic rings. The molecule has 0 saturated heterocycles. The third-order valence-electron chi connectivity index (χ3n) is 6.88. The van der Waals surface area contributed by atoms with Crippen molar-refractivity contribution in [1.29, 1.82) is 0 Å². The minimum atomic E-state index is -0.758. The van der Waals surface area contributed by atoms with Crippen molar-refractivity contribution >= 4 is 39.3 Å². The summed E-state index contributed by atoms with van der Waals surface area (Å²) in [5, 5.41) is 3.41. The van der Waals surface area contributed by atoms with E-state index in [1.807, 2.05) is 54.6 Å². The maximum absolute atomic E-state index is 14.6. The van der Waals surface area contributed by atoms with Crippen molar-refractivity contribution < 1.29 is 14.0 Å². The fourth-order valence-corrected chi connectivity index (χ4v) is 5.33. The van der Waals surface area contributed by atoms with Crippen LogP contribution < -0.4 is 5.32 Å². The molecular weight excluding hydrogens is 555 g/mol. The molecule has 37 heavy (non-hydrogen) atoms. The van der Waals surface area contributed by atoms with Crippen LogP contribution in [0.4, 0.5) is 4.39 Å². The summed E-state index contributed by atoms with van der Waals surface area (Å²) >= 11 is 9.71. The van der Waals surface area contributed by atoms with Crippen LogP contribution in [0.2, 0.25) is 5.02 Å². The number of hydrogen-bond donors (Lipinski definition) is 1. The van der Waals surface area contributed by atoms with Gasteiger partial charge < -0.3 is 10.2 Å². The van der Waals surface area contributed by atoms with Crippen molar-refractivity contribution in [2.24, 2.45) is 0 Å². The van der Waals surface area contributed by atoms with E-state index < -0.39 is 11.9 Å². The Bertz CT molecular complexity index is 1180. The molecule has 0 bridgehead atoms. The first-order valence-corrected chi connectivity index (χ1v) is 13.9. The molecule has 1 aliphatic rings. The average molecular weight is 586 g/mol. The van der Waals surface area contributed by atoms with Crippen LogP contribution in [-0.4, -0.2) is 28.8 Å². The van der Waals surface area contributed by atoms with Gasteiger partial charge in [-0.2, -0.15) is 0 Å². The standard InChI is InChI=1S/C30H31BrClFN2O2/c31-23-16-14-22(15-17-23)20-35(29(36)19-25-26(32)12-7-13-27(25)33)28(18-21-8-3-1-4-9-21)30(37)34-24-10-5-2-6-11-24/h1,3-4,7-9,12-17,24,28H,2,5-6,10-11,18-20H2,(H,34,37)/t28-/m0/s1. The van der Waals surface area contributed by atoms with Gasteiger partial charge in [0.2, 0.25) is 11.8 Å². The van der Waals surface area contributed by atoms with Crippen molar-refractivity contribution in [2.45, 2.75) is 63.6 Å². The summed E-state index contributed by atoms with van der Waals surface area (Å²) in [6, 6.07) is 21.0. The molecule has 4 rings (SSSR count). The second-order valence-electron chi connectivity index (χ2n) is 9.57. The summed E-state index contributed by atoms with van der Waals surface area (Å²) in [6.45, 7) is 0.216. The van der Waals surface area contributed by atoms with E-state index in [0.717, 1.165) is 41.3 Å². The lowest BCUT2D eigenvalue weighted by atomic mass is 9.94. The number of carbonyl (C=O) groups excluding carboxylic acids is 2. The zero-order valence-electron chi connectivity index (χ0n) is 20.6. The van der Waals surface area contributed by atoms with Gasteiger partial charge in [0.05, 0.1) is 6.42 Å². The van der Waals surface area contributed by atoms with Crippen LogP contribution in [0.15, 0.2) is 77.3 Å². The van der Waals surface area contributed by atoms with Gasteiger partial charge in [-0.05, 0) is 48.2 Å². The highest BCUT2D eigenvalue weighted by atomic mass is 79.9.